The number of carbonyl (C=O) groups is 3. The number of likely N-dealkylation sites (tertiary alicyclic amines) is 1. The fourth-order valence-corrected chi connectivity index (χ4v) is 7.27. The van der Waals surface area contributed by atoms with Crippen LogP contribution < -0.4 is 0 Å². The Kier molecular flexibility index (Phi) is 10.8. The second kappa shape index (κ2) is 13.4. The predicted octanol–water partition coefficient (Wildman–Crippen LogP) is 3.61. The van der Waals surface area contributed by atoms with Gasteiger partial charge in [-0.3, -0.25) is 14.4 Å². The molecule has 3 aliphatic rings. The van der Waals surface area contributed by atoms with Crippen LogP contribution in [0, 0.1) is 11.8 Å². The summed E-state index contributed by atoms with van der Waals surface area (Å²) >= 11 is 3.69. The molecule has 0 aliphatic carbocycles. The van der Waals surface area contributed by atoms with Crippen LogP contribution in [0.2, 0.25) is 0 Å². The number of nitrogens with zero attached hydrogens (tertiary/aromatic N) is 2. The first-order chi connectivity index (χ1) is 17.8. The van der Waals surface area contributed by atoms with Crippen molar-refractivity contribution < 1.29 is 29.0 Å². The van der Waals surface area contributed by atoms with E-state index in [0.717, 1.165) is 32.1 Å². The molecule has 3 fully saturated rings. The number of carbonyl (C=O) groups excluding carboxylic acids is 3. The quantitative estimate of drug-likeness (QED) is 0.129. The van der Waals surface area contributed by atoms with Gasteiger partial charge in [-0.25, -0.2) is 0 Å². The number of ether oxygens (including phenoxy) is 2. The number of amides is 2. The highest BCUT2D eigenvalue weighted by atomic mass is 79.9. The Labute approximate surface area is 229 Å². The number of unbranched alkanes of at least 4 members (excludes halogenated alkanes) is 3. The van der Waals surface area contributed by atoms with E-state index in [9.17, 15) is 19.5 Å². The SMILES string of the molecule is C=CCCCCOC(=O)[C@H]1[C@@H]2OC3(CC2Br)C(C(=O)N(CC=C)C(C)CCC)N(CCCCO)C(=O)[C@H]13. The molecule has 208 valence electrons. The first-order valence-corrected chi connectivity index (χ1v) is 14.6. The Bertz CT molecular complexity index is 853. The Balaban J connectivity index is 1.93. The maximum absolute atomic E-state index is 14.2. The Morgan fingerprint density at radius 3 is 2.70 bits per heavy atom. The molecular weight excluding hydrogens is 540 g/mol. The molecule has 3 aliphatic heterocycles. The van der Waals surface area contributed by atoms with E-state index in [-0.39, 0.29) is 35.9 Å². The van der Waals surface area contributed by atoms with Gasteiger partial charge in [-0.1, -0.05) is 41.4 Å². The van der Waals surface area contributed by atoms with Gasteiger partial charge in [0.25, 0.3) is 0 Å². The molecule has 1 spiro atoms. The molecule has 4 unspecified atom stereocenters. The lowest BCUT2D eigenvalue weighted by Crippen LogP contribution is -2.58. The summed E-state index contributed by atoms with van der Waals surface area (Å²) in [4.78, 5) is 44.7. The van der Waals surface area contributed by atoms with E-state index in [1.54, 1.807) is 15.9 Å². The number of rotatable bonds is 16. The van der Waals surface area contributed by atoms with Gasteiger partial charge in [0.05, 0.1) is 24.5 Å². The second-order valence-electron chi connectivity index (χ2n) is 10.5. The predicted molar refractivity (Wildman–Crippen MR) is 145 cm³/mol. The minimum absolute atomic E-state index is 0.00813. The molecule has 7 atom stereocenters. The molecule has 2 bridgehead atoms. The fourth-order valence-electron chi connectivity index (χ4n) is 6.33. The molecule has 3 rings (SSSR count). The van der Waals surface area contributed by atoms with Gasteiger partial charge in [0, 0.05) is 30.6 Å². The largest absolute Gasteiger partial charge is 0.465 e. The van der Waals surface area contributed by atoms with E-state index in [2.05, 4.69) is 36.0 Å². The highest BCUT2D eigenvalue weighted by Gasteiger charge is 2.77. The van der Waals surface area contributed by atoms with E-state index in [1.807, 2.05) is 13.0 Å². The van der Waals surface area contributed by atoms with Gasteiger partial charge in [0.2, 0.25) is 11.8 Å². The van der Waals surface area contributed by atoms with Crippen LogP contribution in [0.3, 0.4) is 0 Å². The summed E-state index contributed by atoms with van der Waals surface area (Å²) in [7, 11) is 0. The summed E-state index contributed by atoms with van der Waals surface area (Å²) in [5, 5.41) is 9.33. The smallest absolute Gasteiger partial charge is 0.312 e. The zero-order valence-corrected chi connectivity index (χ0v) is 23.9. The van der Waals surface area contributed by atoms with Crippen molar-refractivity contribution in [3.8, 4) is 0 Å². The molecule has 1 N–H and O–H groups in total. The van der Waals surface area contributed by atoms with Crippen LogP contribution in [0.4, 0.5) is 0 Å². The number of aliphatic hydroxyl groups is 1. The maximum Gasteiger partial charge on any atom is 0.312 e. The van der Waals surface area contributed by atoms with Crippen molar-refractivity contribution in [2.45, 2.75) is 93.8 Å². The number of alkyl halides is 1. The van der Waals surface area contributed by atoms with Gasteiger partial charge in [0.1, 0.15) is 11.6 Å². The van der Waals surface area contributed by atoms with Gasteiger partial charge in [-0.05, 0) is 51.9 Å². The van der Waals surface area contributed by atoms with Crippen molar-refractivity contribution in [3.63, 3.8) is 0 Å². The van der Waals surface area contributed by atoms with Gasteiger partial charge in [-0.2, -0.15) is 0 Å². The lowest BCUT2D eigenvalue weighted by molar-refractivity contribution is -0.155. The zero-order chi connectivity index (χ0) is 27.2. The molecule has 2 amide bonds. The standard InChI is InChI=1S/C28H43BrN2O6/c1-5-8-9-12-17-36-27(35)21-22-25(33)31(15-10-11-16-32)24(28(22)18-20(29)23(21)37-28)26(34)30(14-7-3)19(4)13-6-2/h5,7,19-24,32H,1,3,6,8-18H2,2,4H3/t19?,20?,21-,22+,23-,24?,28?/m1/s1. The fraction of sp³-hybridized carbons (Fsp3) is 0.750. The van der Waals surface area contributed by atoms with Crippen LogP contribution >= 0.6 is 15.9 Å². The summed E-state index contributed by atoms with van der Waals surface area (Å²) in [5.74, 6) is -2.35. The number of halogens is 1. The zero-order valence-electron chi connectivity index (χ0n) is 22.3. The third-order valence-electron chi connectivity index (χ3n) is 8.00. The van der Waals surface area contributed by atoms with Crippen molar-refractivity contribution in [1.29, 1.82) is 0 Å². The average molecular weight is 584 g/mol. The topological polar surface area (TPSA) is 96.4 Å². The molecule has 37 heavy (non-hydrogen) atoms. The number of aliphatic hydroxyl groups excluding tert-OH is 1. The van der Waals surface area contributed by atoms with E-state index in [4.69, 9.17) is 9.47 Å². The number of fused-ring (bicyclic) bond motifs is 1. The molecule has 9 heteroatoms. The highest BCUT2D eigenvalue weighted by molar-refractivity contribution is 9.09. The first kappa shape index (κ1) is 29.8. The number of hydrogen-bond donors (Lipinski definition) is 1. The minimum Gasteiger partial charge on any atom is -0.465 e. The molecule has 0 radical (unpaired) electrons. The monoisotopic (exact) mass is 582 g/mol. The Hall–Kier alpha value is -1.71. The van der Waals surface area contributed by atoms with Gasteiger partial charge in [-0.15, -0.1) is 13.2 Å². The van der Waals surface area contributed by atoms with Gasteiger partial charge in [0.15, 0.2) is 0 Å². The van der Waals surface area contributed by atoms with Crippen LogP contribution in [0.25, 0.3) is 0 Å². The molecule has 0 aromatic carbocycles. The van der Waals surface area contributed by atoms with Crippen molar-refractivity contribution >= 4 is 33.7 Å². The maximum atomic E-state index is 14.2. The molecule has 3 heterocycles. The Morgan fingerprint density at radius 2 is 2.05 bits per heavy atom. The molecule has 0 aromatic heterocycles. The lowest BCUT2D eigenvalue weighted by atomic mass is 9.70. The van der Waals surface area contributed by atoms with Crippen molar-refractivity contribution in [2.24, 2.45) is 11.8 Å². The van der Waals surface area contributed by atoms with Crippen LogP contribution in [0.1, 0.15) is 65.2 Å². The minimum atomic E-state index is -1.09. The van der Waals surface area contributed by atoms with Crippen LogP contribution in [-0.4, -0.2) is 87.6 Å². The van der Waals surface area contributed by atoms with E-state index in [0.29, 0.717) is 32.4 Å². The van der Waals surface area contributed by atoms with Crippen molar-refractivity contribution in [2.75, 3.05) is 26.3 Å². The number of esters is 1. The highest BCUT2D eigenvalue weighted by Crippen LogP contribution is 2.60. The lowest BCUT2D eigenvalue weighted by Gasteiger charge is -2.39. The van der Waals surface area contributed by atoms with Crippen molar-refractivity contribution in [3.05, 3.63) is 25.3 Å². The summed E-state index contributed by atoms with van der Waals surface area (Å²) in [6.45, 7) is 12.6. The average Bonchev–Trinajstić information content (AvgIpc) is 3.45. The number of allylic oxidation sites excluding steroid dienone is 1. The summed E-state index contributed by atoms with van der Waals surface area (Å²) in [6, 6.07) is -0.867. The van der Waals surface area contributed by atoms with Gasteiger partial charge >= 0.3 is 5.97 Å². The van der Waals surface area contributed by atoms with E-state index >= 15 is 0 Å². The van der Waals surface area contributed by atoms with E-state index < -0.39 is 35.6 Å². The van der Waals surface area contributed by atoms with Crippen molar-refractivity contribution in [1.82, 2.24) is 9.80 Å². The summed E-state index contributed by atoms with van der Waals surface area (Å²) in [5.41, 5.74) is -1.09. The van der Waals surface area contributed by atoms with Crippen LogP contribution in [0.15, 0.2) is 25.3 Å². The molecule has 3 saturated heterocycles. The molecule has 0 aromatic rings. The van der Waals surface area contributed by atoms with Crippen LogP contribution in [-0.2, 0) is 23.9 Å². The second-order valence-corrected chi connectivity index (χ2v) is 11.7. The normalized spacial score (nSPS) is 30.8. The molecule has 0 saturated carbocycles. The summed E-state index contributed by atoms with van der Waals surface area (Å²) in [6.07, 6.45) is 8.75. The molecule has 8 nitrogen and oxygen atoms in total. The number of hydrogen-bond acceptors (Lipinski definition) is 6. The molecular formula is C28H43BrN2O6. The third-order valence-corrected chi connectivity index (χ3v) is 8.84. The van der Waals surface area contributed by atoms with E-state index in [1.165, 1.54) is 0 Å². The Morgan fingerprint density at radius 1 is 1.30 bits per heavy atom. The van der Waals surface area contributed by atoms with Gasteiger partial charge < -0.3 is 24.4 Å². The summed E-state index contributed by atoms with van der Waals surface area (Å²) < 4.78 is 12.2. The van der Waals surface area contributed by atoms with Crippen LogP contribution in [0.5, 0.6) is 0 Å². The first-order valence-electron chi connectivity index (χ1n) is 13.7. The third kappa shape index (κ3) is 5.83.